The van der Waals surface area contributed by atoms with Gasteiger partial charge in [-0.25, -0.2) is 0 Å². The number of hydrogen-bond acceptors (Lipinski definition) is 4. The van der Waals surface area contributed by atoms with E-state index in [-0.39, 0.29) is 11.8 Å². The number of fused-ring (bicyclic) bond motifs is 3. The summed E-state index contributed by atoms with van der Waals surface area (Å²) in [5.74, 6) is -0.0643. The van der Waals surface area contributed by atoms with Gasteiger partial charge in [0.05, 0.1) is 19.1 Å². The Morgan fingerprint density at radius 3 is 3.06 bits per heavy atom. The minimum Gasteiger partial charge on any atom is -0.548 e. The van der Waals surface area contributed by atoms with E-state index < -0.39 is 12.0 Å². The van der Waals surface area contributed by atoms with Crippen molar-refractivity contribution < 1.29 is 14.6 Å². The van der Waals surface area contributed by atoms with Crippen molar-refractivity contribution in [2.45, 2.75) is 18.4 Å². The molecule has 18 heavy (non-hydrogen) atoms. The summed E-state index contributed by atoms with van der Waals surface area (Å²) in [5, 5.41) is 14.3. The van der Waals surface area contributed by atoms with Crippen LogP contribution < -0.4 is 15.2 Å². The van der Waals surface area contributed by atoms with Gasteiger partial charge in [0.25, 0.3) is 0 Å². The van der Waals surface area contributed by atoms with Crippen LogP contribution in [0.15, 0.2) is 30.4 Å². The highest BCUT2D eigenvalue weighted by Crippen LogP contribution is 2.45. The number of aliphatic carboxylic acids is 1. The number of nitrogens with one attached hydrogen (secondary N) is 1. The molecule has 0 saturated carbocycles. The second kappa shape index (κ2) is 4.05. The van der Waals surface area contributed by atoms with Crippen molar-refractivity contribution in [2.24, 2.45) is 5.92 Å². The van der Waals surface area contributed by atoms with Gasteiger partial charge in [-0.2, -0.15) is 0 Å². The van der Waals surface area contributed by atoms with Gasteiger partial charge in [0.15, 0.2) is 0 Å². The monoisotopic (exact) mass is 244 g/mol. The Balaban J connectivity index is 2.06. The molecule has 94 valence electrons. The van der Waals surface area contributed by atoms with Gasteiger partial charge in [-0.3, -0.25) is 0 Å². The minimum atomic E-state index is -1.03. The Kier molecular flexibility index (Phi) is 2.51. The lowest BCUT2D eigenvalue weighted by molar-refractivity contribution is -0.308. The summed E-state index contributed by atoms with van der Waals surface area (Å²) in [6.45, 7) is 0. The smallest absolute Gasteiger partial charge is 0.119 e. The average molecular weight is 244 g/mol. The lowest BCUT2D eigenvalue weighted by Gasteiger charge is -2.37. The summed E-state index contributed by atoms with van der Waals surface area (Å²) in [6.07, 6.45) is 4.90. The number of allylic oxidation sites excluding steroid dienone is 2. The van der Waals surface area contributed by atoms with Crippen LogP contribution in [-0.4, -0.2) is 19.1 Å². The molecule has 1 heterocycles. The molecular formula is C14H14NO3-. The van der Waals surface area contributed by atoms with Crippen LogP contribution in [0.2, 0.25) is 0 Å². The van der Waals surface area contributed by atoms with E-state index in [1.807, 2.05) is 24.3 Å². The molecule has 3 rings (SSSR count). The van der Waals surface area contributed by atoms with Crippen LogP contribution in [0.1, 0.15) is 17.9 Å². The van der Waals surface area contributed by atoms with Gasteiger partial charge >= 0.3 is 0 Å². The number of anilines is 1. The fraction of sp³-hybridized carbons (Fsp3) is 0.357. The van der Waals surface area contributed by atoms with E-state index in [9.17, 15) is 9.90 Å². The molecule has 1 aromatic carbocycles. The molecule has 1 aromatic rings. The van der Waals surface area contributed by atoms with E-state index in [1.54, 1.807) is 7.11 Å². The van der Waals surface area contributed by atoms with Gasteiger partial charge in [-0.05, 0) is 36.1 Å². The van der Waals surface area contributed by atoms with Crippen molar-refractivity contribution in [3.63, 3.8) is 0 Å². The third-order valence-electron chi connectivity index (χ3n) is 3.82. The molecule has 4 nitrogen and oxygen atoms in total. The number of carbonyl (C=O) groups is 1. The standard InChI is InChI=1S/C14H15NO3/c1-18-8-5-6-12-11(7-8)9-3-2-4-10(9)13(15-12)14(16)17/h2-3,5-7,9-10,13,15H,4H2,1H3,(H,16,17)/p-1/t9-,10-,13-/m0/s1. The van der Waals surface area contributed by atoms with Crippen molar-refractivity contribution >= 4 is 11.7 Å². The van der Waals surface area contributed by atoms with Crippen LogP contribution in [0.4, 0.5) is 5.69 Å². The molecule has 0 saturated heterocycles. The molecule has 3 atom stereocenters. The molecular weight excluding hydrogens is 230 g/mol. The van der Waals surface area contributed by atoms with E-state index in [0.29, 0.717) is 0 Å². The van der Waals surface area contributed by atoms with Crippen molar-refractivity contribution in [1.29, 1.82) is 0 Å². The van der Waals surface area contributed by atoms with Gasteiger partial charge in [0.2, 0.25) is 0 Å². The number of carboxylic acids is 1. The van der Waals surface area contributed by atoms with Crippen LogP contribution in [0, 0.1) is 5.92 Å². The maximum absolute atomic E-state index is 11.2. The van der Waals surface area contributed by atoms with Gasteiger partial charge < -0.3 is 20.0 Å². The summed E-state index contributed by atoms with van der Waals surface area (Å²) in [7, 11) is 1.63. The van der Waals surface area contributed by atoms with E-state index in [2.05, 4.69) is 11.4 Å². The second-order valence-electron chi connectivity index (χ2n) is 4.75. The lowest BCUT2D eigenvalue weighted by Crippen LogP contribution is -2.48. The number of ether oxygens (including phenoxy) is 1. The van der Waals surface area contributed by atoms with Crippen molar-refractivity contribution in [2.75, 3.05) is 12.4 Å². The number of methoxy groups -OCH3 is 1. The van der Waals surface area contributed by atoms with E-state index in [1.165, 1.54) is 0 Å². The fourth-order valence-corrected chi connectivity index (χ4v) is 2.93. The molecule has 0 aromatic heterocycles. The molecule has 2 aliphatic rings. The SMILES string of the molecule is COc1ccc2c(c1)[C@H]1C=CC[C@@H]1[C@@H](C(=O)[O-])N2. The topological polar surface area (TPSA) is 61.4 Å². The highest BCUT2D eigenvalue weighted by molar-refractivity contribution is 5.79. The van der Waals surface area contributed by atoms with Crippen molar-refractivity contribution in [1.82, 2.24) is 0 Å². The molecule has 1 aliphatic heterocycles. The summed E-state index contributed by atoms with van der Waals surface area (Å²) in [6, 6.07) is 5.05. The van der Waals surface area contributed by atoms with Crippen LogP contribution in [0.25, 0.3) is 0 Å². The first kappa shape index (κ1) is 11.1. The fourth-order valence-electron chi connectivity index (χ4n) is 2.93. The maximum atomic E-state index is 11.2. The van der Waals surface area contributed by atoms with E-state index in [0.717, 1.165) is 23.4 Å². The summed E-state index contributed by atoms with van der Waals surface area (Å²) < 4.78 is 5.22. The van der Waals surface area contributed by atoms with Crippen molar-refractivity contribution in [3.8, 4) is 5.75 Å². The number of carbonyl (C=O) groups excluding carboxylic acids is 1. The zero-order valence-corrected chi connectivity index (χ0v) is 10.1. The van der Waals surface area contributed by atoms with E-state index >= 15 is 0 Å². The average Bonchev–Trinajstić information content (AvgIpc) is 2.86. The normalized spacial score (nSPS) is 28.2. The Morgan fingerprint density at radius 1 is 1.50 bits per heavy atom. The van der Waals surface area contributed by atoms with E-state index in [4.69, 9.17) is 4.74 Å². The Morgan fingerprint density at radius 2 is 2.33 bits per heavy atom. The molecule has 0 fully saturated rings. The zero-order chi connectivity index (χ0) is 12.7. The quantitative estimate of drug-likeness (QED) is 0.785. The number of rotatable bonds is 2. The van der Waals surface area contributed by atoms with Gasteiger partial charge in [0.1, 0.15) is 5.75 Å². The lowest BCUT2D eigenvalue weighted by atomic mass is 9.79. The molecule has 0 unspecified atom stereocenters. The maximum Gasteiger partial charge on any atom is 0.119 e. The summed E-state index contributed by atoms with van der Waals surface area (Å²) in [4.78, 5) is 11.2. The third-order valence-corrected chi connectivity index (χ3v) is 3.82. The van der Waals surface area contributed by atoms with Crippen LogP contribution in [-0.2, 0) is 4.79 Å². The Labute approximate surface area is 105 Å². The number of benzene rings is 1. The molecule has 4 heteroatoms. The highest BCUT2D eigenvalue weighted by Gasteiger charge is 2.37. The first-order chi connectivity index (χ1) is 8.70. The largest absolute Gasteiger partial charge is 0.548 e. The third kappa shape index (κ3) is 1.56. The van der Waals surface area contributed by atoms with Gasteiger partial charge in [-0.15, -0.1) is 0 Å². The second-order valence-corrected chi connectivity index (χ2v) is 4.75. The molecule has 1 N–H and O–H groups in total. The zero-order valence-electron chi connectivity index (χ0n) is 10.1. The predicted molar refractivity (Wildman–Crippen MR) is 65.4 cm³/mol. The molecule has 0 spiro atoms. The van der Waals surface area contributed by atoms with Gasteiger partial charge in [0, 0.05) is 11.6 Å². The molecule has 1 aliphatic carbocycles. The summed E-state index contributed by atoms with van der Waals surface area (Å²) >= 11 is 0. The molecule has 0 bridgehead atoms. The van der Waals surface area contributed by atoms with Gasteiger partial charge in [-0.1, -0.05) is 12.2 Å². The highest BCUT2D eigenvalue weighted by atomic mass is 16.5. The van der Waals surface area contributed by atoms with Crippen molar-refractivity contribution in [3.05, 3.63) is 35.9 Å². The molecule has 0 radical (unpaired) electrons. The number of hydrogen-bond donors (Lipinski definition) is 1. The Hall–Kier alpha value is -1.97. The van der Waals surface area contributed by atoms with Crippen LogP contribution in [0.5, 0.6) is 5.75 Å². The Bertz CT molecular complexity index is 524. The van der Waals surface area contributed by atoms with Crippen LogP contribution >= 0.6 is 0 Å². The minimum absolute atomic E-state index is 0.0367. The molecule has 0 amide bonds. The summed E-state index contributed by atoms with van der Waals surface area (Å²) in [5.41, 5.74) is 1.96. The van der Waals surface area contributed by atoms with Crippen LogP contribution in [0.3, 0.4) is 0 Å². The first-order valence-electron chi connectivity index (χ1n) is 6.02. The predicted octanol–water partition coefficient (Wildman–Crippen LogP) is 0.899. The number of carboxylic acid groups (broad SMARTS) is 1. The first-order valence-corrected chi connectivity index (χ1v) is 6.02.